The number of carbonyl (C=O) groups is 2. The molecule has 0 spiro atoms. The van der Waals surface area contributed by atoms with Crippen molar-refractivity contribution in [3.8, 4) is 0 Å². The molecule has 1 aromatic heterocycles. The largest absolute Gasteiger partial charge is 0.386 e. The Morgan fingerprint density at radius 2 is 1.83 bits per heavy atom. The van der Waals surface area contributed by atoms with Crippen LogP contribution in [-0.4, -0.2) is 23.5 Å². The highest BCUT2D eigenvalue weighted by Crippen LogP contribution is 2.22. The molecule has 2 rings (SSSR count). The summed E-state index contributed by atoms with van der Waals surface area (Å²) in [7, 11) is 0. The van der Waals surface area contributed by atoms with Gasteiger partial charge in [-0.1, -0.05) is 12.1 Å². The topological polar surface area (TPSA) is 78.4 Å². The van der Waals surface area contributed by atoms with Gasteiger partial charge in [0.1, 0.15) is 11.9 Å². The first-order valence-electron chi connectivity index (χ1n) is 7.00. The van der Waals surface area contributed by atoms with Crippen LogP contribution in [0.2, 0.25) is 0 Å². The van der Waals surface area contributed by atoms with Gasteiger partial charge in [-0.05, 0) is 41.6 Å². The van der Waals surface area contributed by atoms with Crippen LogP contribution in [0.1, 0.15) is 22.1 Å². The molecule has 0 saturated heterocycles. The van der Waals surface area contributed by atoms with E-state index in [0.29, 0.717) is 5.56 Å². The van der Waals surface area contributed by atoms with Crippen molar-refractivity contribution in [1.82, 2.24) is 10.6 Å². The summed E-state index contributed by atoms with van der Waals surface area (Å²) in [6, 6.07) is 7.48. The van der Waals surface area contributed by atoms with Crippen molar-refractivity contribution in [2.75, 3.05) is 6.54 Å². The number of aryl methyl sites for hydroxylation is 1. The van der Waals surface area contributed by atoms with E-state index in [2.05, 4.69) is 10.6 Å². The molecule has 1 aromatic carbocycles. The maximum atomic E-state index is 12.8. The Hall–Kier alpha value is -2.25. The molecule has 0 fully saturated rings. The van der Waals surface area contributed by atoms with Gasteiger partial charge < -0.3 is 15.7 Å². The summed E-state index contributed by atoms with van der Waals surface area (Å²) < 4.78 is 12.8. The van der Waals surface area contributed by atoms with Crippen LogP contribution in [0.25, 0.3) is 0 Å². The summed E-state index contributed by atoms with van der Waals surface area (Å²) in [5.74, 6) is -1.99. The Labute approximate surface area is 137 Å². The number of nitrogens with one attached hydrogen (secondary N) is 2. The number of carbonyl (C=O) groups excluding carboxylic acids is 2. The van der Waals surface area contributed by atoms with E-state index in [1.807, 2.05) is 18.4 Å². The lowest BCUT2D eigenvalue weighted by Crippen LogP contribution is -2.41. The maximum absolute atomic E-state index is 12.8. The first-order valence-corrected chi connectivity index (χ1v) is 7.88. The molecule has 2 amide bonds. The summed E-state index contributed by atoms with van der Waals surface area (Å²) in [5, 5.41) is 16.7. The number of aliphatic hydroxyl groups is 1. The number of hydrogen-bond donors (Lipinski definition) is 3. The van der Waals surface area contributed by atoms with Gasteiger partial charge in [-0.3, -0.25) is 9.59 Å². The third-order valence-electron chi connectivity index (χ3n) is 3.23. The number of aliphatic hydroxyl groups excluding tert-OH is 1. The van der Waals surface area contributed by atoms with Crippen molar-refractivity contribution in [2.24, 2.45) is 0 Å². The first-order chi connectivity index (χ1) is 11.0. The average molecular weight is 336 g/mol. The van der Waals surface area contributed by atoms with Gasteiger partial charge in [0, 0.05) is 18.0 Å². The van der Waals surface area contributed by atoms with E-state index in [0.717, 1.165) is 10.4 Å². The number of rotatable bonds is 5. The van der Waals surface area contributed by atoms with Crippen LogP contribution in [0.5, 0.6) is 0 Å². The van der Waals surface area contributed by atoms with Crippen LogP contribution >= 0.6 is 11.3 Å². The van der Waals surface area contributed by atoms with E-state index < -0.39 is 17.9 Å². The van der Waals surface area contributed by atoms with Crippen molar-refractivity contribution < 1.29 is 19.1 Å². The van der Waals surface area contributed by atoms with Gasteiger partial charge in [0.15, 0.2) is 0 Å². The Morgan fingerprint density at radius 1 is 1.17 bits per heavy atom. The van der Waals surface area contributed by atoms with Crippen LogP contribution < -0.4 is 10.6 Å². The van der Waals surface area contributed by atoms with Crippen LogP contribution in [0, 0.1) is 12.7 Å². The zero-order chi connectivity index (χ0) is 16.8. The summed E-state index contributed by atoms with van der Waals surface area (Å²) in [5.41, 5.74) is 1.62. The van der Waals surface area contributed by atoms with Gasteiger partial charge in [-0.25, -0.2) is 4.39 Å². The van der Waals surface area contributed by atoms with Crippen molar-refractivity contribution in [2.45, 2.75) is 19.6 Å². The number of hydrogen-bond acceptors (Lipinski definition) is 4. The van der Waals surface area contributed by atoms with Crippen molar-refractivity contribution >= 4 is 23.2 Å². The van der Waals surface area contributed by atoms with Crippen LogP contribution in [0.15, 0.2) is 35.7 Å². The predicted molar refractivity (Wildman–Crippen MR) is 85.3 cm³/mol. The average Bonchev–Trinajstić information content (AvgIpc) is 2.97. The Kier molecular flexibility index (Phi) is 5.84. The highest BCUT2D eigenvalue weighted by Gasteiger charge is 2.17. The first kappa shape index (κ1) is 17.1. The minimum absolute atomic E-state index is 0.0375. The third-order valence-corrected chi connectivity index (χ3v) is 4.35. The third kappa shape index (κ3) is 4.87. The van der Waals surface area contributed by atoms with Crippen molar-refractivity contribution in [3.05, 3.63) is 57.5 Å². The zero-order valence-electron chi connectivity index (χ0n) is 12.5. The monoisotopic (exact) mass is 336 g/mol. The molecule has 122 valence electrons. The Morgan fingerprint density at radius 3 is 2.43 bits per heavy atom. The predicted octanol–water partition coefficient (Wildman–Crippen LogP) is 1.66. The molecule has 3 N–H and O–H groups in total. The van der Waals surface area contributed by atoms with Gasteiger partial charge in [-0.15, -0.1) is 11.3 Å². The molecule has 0 radical (unpaired) electrons. The second kappa shape index (κ2) is 7.85. The Balaban J connectivity index is 1.77. The van der Waals surface area contributed by atoms with Crippen molar-refractivity contribution in [1.29, 1.82) is 0 Å². The standard InChI is InChI=1S/C16H17FN2O3S/c1-10-6-7-23-14(10)13(20)9-19-16(22)15(21)18-8-11-2-4-12(17)5-3-11/h2-7,13,20H,8-9H2,1H3,(H,18,21)(H,19,22). The van der Waals surface area contributed by atoms with E-state index in [1.165, 1.54) is 35.6 Å². The quantitative estimate of drug-likeness (QED) is 0.727. The molecule has 0 aliphatic carbocycles. The molecule has 1 unspecified atom stereocenters. The number of amides is 2. The fourth-order valence-electron chi connectivity index (χ4n) is 1.95. The molecule has 0 saturated carbocycles. The molecule has 5 nitrogen and oxygen atoms in total. The fourth-order valence-corrected chi connectivity index (χ4v) is 2.87. The fraction of sp³-hybridized carbons (Fsp3) is 0.250. The molecule has 7 heteroatoms. The van der Waals surface area contributed by atoms with Gasteiger partial charge in [-0.2, -0.15) is 0 Å². The molecule has 23 heavy (non-hydrogen) atoms. The minimum Gasteiger partial charge on any atom is -0.386 e. The molecular weight excluding hydrogens is 319 g/mol. The van der Waals surface area contributed by atoms with E-state index >= 15 is 0 Å². The molecule has 0 bridgehead atoms. The lowest BCUT2D eigenvalue weighted by atomic mass is 10.2. The smallest absolute Gasteiger partial charge is 0.309 e. The normalized spacial score (nSPS) is 11.8. The van der Waals surface area contributed by atoms with Crippen LogP contribution in [-0.2, 0) is 16.1 Å². The summed E-state index contributed by atoms with van der Waals surface area (Å²) in [4.78, 5) is 24.1. The molecular formula is C16H17FN2O3S. The van der Waals surface area contributed by atoms with E-state index in [4.69, 9.17) is 0 Å². The van der Waals surface area contributed by atoms with E-state index in [9.17, 15) is 19.1 Å². The van der Waals surface area contributed by atoms with Gasteiger partial charge in [0.05, 0.1) is 0 Å². The molecule has 1 heterocycles. The lowest BCUT2D eigenvalue weighted by Gasteiger charge is -2.11. The van der Waals surface area contributed by atoms with Crippen LogP contribution in [0.4, 0.5) is 4.39 Å². The highest BCUT2D eigenvalue weighted by atomic mass is 32.1. The summed E-state index contributed by atoms with van der Waals surface area (Å²) >= 11 is 1.39. The second-order valence-corrected chi connectivity index (χ2v) is 5.95. The van der Waals surface area contributed by atoms with Gasteiger partial charge >= 0.3 is 11.8 Å². The summed E-state index contributed by atoms with van der Waals surface area (Å²) in [6.45, 7) is 1.95. The molecule has 1 atom stereocenters. The maximum Gasteiger partial charge on any atom is 0.309 e. The summed E-state index contributed by atoms with van der Waals surface area (Å²) in [6.07, 6.45) is -0.844. The molecule has 0 aliphatic rings. The number of thiophene rings is 1. The number of benzene rings is 1. The minimum atomic E-state index is -0.844. The highest BCUT2D eigenvalue weighted by molar-refractivity contribution is 7.10. The van der Waals surface area contributed by atoms with Crippen molar-refractivity contribution in [3.63, 3.8) is 0 Å². The van der Waals surface area contributed by atoms with Gasteiger partial charge in [0.25, 0.3) is 0 Å². The van der Waals surface area contributed by atoms with E-state index in [-0.39, 0.29) is 18.9 Å². The van der Waals surface area contributed by atoms with E-state index in [1.54, 1.807) is 0 Å². The molecule has 2 aromatic rings. The van der Waals surface area contributed by atoms with Crippen LogP contribution in [0.3, 0.4) is 0 Å². The number of halogens is 1. The SMILES string of the molecule is Cc1ccsc1C(O)CNC(=O)C(=O)NCc1ccc(F)cc1. The lowest BCUT2D eigenvalue weighted by molar-refractivity contribution is -0.139. The molecule has 0 aliphatic heterocycles. The second-order valence-electron chi connectivity index (χ2n) is 5.00. The zero-order valence-corrected chi connectivity index (χ0v) is 13.3. The Bertz CT molecular complexity index is 685. The van der Waals surface area contributed by atoms with Gasteiger partial charge in [0.2, 0.25) is 0 Å².